The monoisotopic (exact) mass is 437 g/mol. The Morgan fingerprint density at radius 2 is 1.84 bits per heavy atom. The van der Waals surface area contributed by atoms with Crippen molar-refractivity contribution >= 4 is 22.4 Å². The lowest BCUT2D eigenvalue weighted by molar-refractivity contribution is 0.309. The van der Waals surface area contributed by atoms with Crippen LogP contribution in [0.25, 0.3) is 22.4 Å². The van der Waals surface area contributed by atoms with Gasteiger partial charge in [0.05, 0.1) is 25.4 Å². The Balaban J connectivity index is 1.63. The summed E-state index contributed by atoms with van der Waals surface area (Å²) in [4.78, 5) is 17.9. The quantitative estimate of drug-likeness (QED) is 0.393. The fourth-order valence-corrected chi connectivity index (χ4v) is 3.97. The van der Waals surface area contributed by atoms with Gasteiger partial charge >= 0.3 is 0 Å². The number of fused-ring (bicyclic) bond motifs is 1. The molecule has 4 aromatic rings. The zero-order valence-electron chi connectivity index (χ0n) is 17.6. The fraction of sp³-hybridized carbons (Fsp3) is 0.261. The van der Waals surface area contributed by atoms with Crippen LogP contribution < -0.4 is 24.3 Å². The van der Waals surface area contributed by atoms with Gasteiger partial charge in [-0.05, 0) is 48.9 Å². The molecule has 2 aromatic carbocycles. The minimum atomic E-state index is -0.212. The van der Waals surface area contributed by atoms with Crippen molar-refractivity contribution in [3.63, 3.8) is 0 Å². The molecule has 0 amide bonds. The first-order chi connectivity index (χ1) is 15.1. The van der Waals surface area contributed by atoms with Crippen LogP contribution in [-0.4, -0.2) is 35.4 Å². The number of hydrogen-bond acceptors (Lipinski definition) is 7. The lowest BCUT2D eigenvalue weighted by Gasteiger charge is -2.06. The van der Waals surface area contributed by atoms with Gasteiger partial charge in [-0.3, -0.25) is 4.79 Å². The molecule has 0 spiro atoms. The van der Waals surface area contributed by atoms with E-state index in [0.29, 0.717) is 33.4 Å². The SMILES string of the molecule is CCCCOc1ccc(-c2nc3s/c(=C/c4ccc(OC)cc4OC)c(=O)n3n2)cc1. The van der Waals surface area contributed by atoms with Crippen molar-refractivity contribution in [2.24, 2.45) is 0 Å². The van der Waals surface area contributed by atoms with E-state index in [0.717, 1.165) is 29.7 Å². The molecule has 0 unspecified atom stereocenters. The van der Waals surface area contributed by atoms with Crippen LogP contribution >= 0.6 is 11.3 Å². The zero-order valence-corrected chi connectivity index (χ0v) is 18.4. The molecule has 0 saturated heterocycles. The second kappa shape index (κ2) is 9.18. The molecule has 0 bridgehead atoms. The molecule has 0 aliphatic heterocycles. The number of unbranched alkanes of at least 4 members (excludes halogenated alkanes) is 1. The number of ether oxygens (including phenoxy) is 3. The van der Waals surface area contributed by atoms with Crippen LogP contribution in [0.5, 0.6) is 17.2 Å². The highest BCUT2D eigenvalue weighted by Gasteiger charge is 2.13. The third kappa shape index (κ3) is 4.39. The summed E-state index contributed by atoms with van der Waals surface area (Å²) in [5, 5.41) is 4.41. The average Bonchev–Trinajstić information content (AvgIpc) is 3.34. The van der Waals surface area contributed by atoms with E-state index in [1.807, 2.05) is 36.4 Å². The van der Waals surface area contributed by atoms with Crippen molar-refractivity contribution < 1.29 is 14.2 Å². The maximum atomic E-state index is 12.9. The Labute approximate surface area is 183 Å². The lowest BCUT2D eigenvalue weighted by Crippen LogP contribution is -2.23. The first-order valence-electron chi connectivity index (χ1n) is 9.99. The largest absolute Gasteiger partial charge is 0.497 e. The van der Waals surface area contributed by atoms with Crippen LogP contribution in [0.4, 0.5) is 0 Å². The van der Waals surface area contributed by atoms with Gasteiger partial charge in [0.2, 0.25) is 4.96 Å². The summed E-state index contributed by atoms with van der Waals surface area (Å²) in [5.74, 6) is 2.63. The maximum absolute atomic E-state index is 12.9. The summed E-state index contributed by atoms with van der Waals surface area (Å²) < 4.78 is 18.2. The van der Waals surface area contributed by atoms with Gasteiger partial charge in [0.15, 0.2) is 5.82 Å². The molecule has 0 aliphatic rings. The molecule has 8 heteroatoms. The Morgan fingerprint density at radius 3 is 2.52 bits per heavy atom. The highest BCUT2D eigenvalue weighted by molar-refractivity contribution is 7.15. The Bertz CT molecular complexity index is 1300. The van der Waals surface area contributed by atoms with E-state index in [9.17, 15) is 4.79 Å². The van der Waals surface area contributed by atoms with E-state index in [1.54, 1.807) is 26.4 Å². The molecule has 4 rings (SSSR count). The number of aromatic nitrogens is 3. The standard InChI is InChI=1S/C23H23N3O4S/c1-4-5-12-30-17-9-6-15(7-10-17)21-24-23-26(25-21)22(27)20(31-23)13-16-8-11-18(28-2)14-19(16)29-3/h6-11,13-14H,4-5,12H2,1-3H3/b20-13+. The van der Waals surface area contributed by atoms with Gasteiger partial charge in [-0.15, -0.1) is 5.10 Å². The van der Waals surface area contributed by atoms with Crippen LogP contribution in [0, 0.1) is 0 Å². The van der Waals surface area contributed by atoms with Crippen molar-refractivity contribution in [2.45, 2.75) is 19.8 Å². The fourth-order valence-electron chi connectivity index (χ4n) is 3.07. The predicted molar refractivity (Wildman–Crippen MR) is 121 cm³/mol. The van der Waals surface area contributed by atoms with E-state index in [4.69, 9.17) is 14.2 Å². The number of thiazole rings is 1. The van der Waals surface area contributed by atoms with Gasteiger partial charge in [0.1, 0.15) is 17.2 Å². The summed E-state index contributed by atoms with van der Waals surface area (Å²) in [6.07, 6.45) is 3.90. The molecule has 0 radical (unpaired) electrons. The molecule has 0 aliphatic carbocycles. The zero-order chi connectivity index (χ0) is 21.8. The minimum absolute atomic E-state index is 0.212. The predicted octanol–water partition coefficient (Wildman–Crippen LogP) is 3.56. The number of nitrogens with zero attached hydrogens (tertiary/aromatic N) is 3. The van der Waals surface area contributed by atoms with Crippen molar-refractivity contribution in [1.82, 2.24) is 14.6 Å². The highest BCUT2D eigenvalue weighted by Crippen LogP contribution is 2.25. The smallest absolute Gasteiger partial charge is 0.291 e. The number of benzene rings is 2. The van der Waals surface area contributed by atoms with E-state index >= 15 is 0 Å². The number of methoxy groups -OCH3 is 2. The number of hydrogen-bond donors (Lipinski definition) is 0. The van der Waals surface area contributed by atoms with Crippen LogP contribution in [0.1, 0.15) is 25.3 Å². The third-order valence-electron chi connectivity index (χ3n) is 4.79. The molecule has 0 atom stereocenters. The minimum Gasteiger partial charge on any atom is -0.497 e. The van der Waals surface area contributed by atoms with Gasteiger partial charge in [-0.1, -0.05) is 24.7 Å². The molecule has 160 valence electrons. The van der Waals surface area contributed by atoms with Crippen molar-refractivity contribution in [3.05, 3.63) is 62.9 Å². The number of rotatable bonds is 8. The summed E-state index contributed by atoms with van der Waals surface area (Å²) in [6.45, 7) is 2.83. The first kappa shape index (κ1) is 20.9. The van der Waals surface area contributed by atoms with Crippen LogP contribution in [-0.2, 0) is 0 Å². The van der Waals surface area contributed by atoms with E-state index in [2.05, 4.69) is 17.0 Å². The summed E-state index contributed by atoms with van der Waals surface area (Å²) in [7, 11) is 3.18. The summed E-state index contributed by atoms with van der Waals surface area (Å²) >= 11 is 1.29. The second-order valence-electron chi connectivity index (χ2n) is 6.88. The van der Waals surface area contributed by atoms with Crippen molar-refractivity contribution in [2.75, 3.05) is 20.8 Å². The first-order valence-corrected chi connectivity index (χ1v) is 10.8. The van der Waals surface area contributed by atoms with E-state index in [1.165, 1.54) is 15.9 Å². The average molecular weight is 438 g/mol. The molecular formula is C23H23N3O4S. The van der Waals surface area contributed by atoms with Gasteiger partial charge in [-0.2, -0.15) is 9.50 Å². The highest BCUT2D eigenvalue weighted by atomic mass is 32.1. The molecular weight excluding hydrogens is 414 g/mol. The van der Waals surface area contributed by atoms with Crippen molar-refractivity contribution in [3.8, 4) is 28.6 Å². The summed E-state index contributed by atoms with van der Waals surface area (Å²) in [6, 6.07) is 13.1. The maximum Gasteiger partial charge on any atom is 0.291 e. The second-order valence-corrected chi connectivity index (χ2v) is 7.89. The topological polar surface area (TPSA) is 75.0 Å². The molecule has 0 fully saturated rings. The van der Waals surface area contributed by atoms with Gasteiger partial charge in [-0.25, -0.2) is 0 Å². The van der Waals surface area contributed by atoms with Gasteiger partial charge in [0.25, 0.3) is 5.56 Å². The van der Waals surface area contributed by atoms with Crippen molar-refractivity contribution in [1.29, 1.82) is 0 Å². The molecule has 0 saturated carbocycles. The van der Waals surface area contributed by atoms with Crippen LogP contribution in [0.15, 0.2) is 47.3 Å². The molecule has 7 nitrogen and oxygen atoms in total. The van der Waals surface area contributed by atoms with Gasteiger partial charge in [0, 0.05) is 17.2 Å². The van der Waals surface area contributed by atoms with E-state index in [-0.39, 0.29) is 5.56 Å². The molecule has 2 heterocycles. The van der Waals surface area contributed by atoms with Gasteiger partial charge < -0.3 is 14.2 Å². The molecule has 31 heavy (non-hydrogen) atoms. The Hall–Kier alpha value is -3.39. The van der Waals surface area contributed by atoms with Crippen LogP contribution in [0.2, 0.25) is 0 Å². The lowest BCUT2D eigenvalue weighted by atomic mass is 10.2. The molecule has 2 aromatic heterocycles. The van der Waals surface area contributed by atoms with E-state index < -0.39 is 0 Å². The summed E-state index contributed by atoms with van der Waals surface area (Å²) in [5.41, 5.74) is 1.40. The Kier molecular flexibility index (Phi) is 6.18. The molecule has 0 N–H and O–H groups in total. The third-order valence-corrected chi connectivity index (χ3v) is 5.75. The Morgan fingerprint density at radius 1 is 1.06 bits per heavy atom. The van der Waals surface area contributed by atoms with Crippen LogP contribution in [0.3, 0.4) is 0 Å². The normalized spacial score (nSPS) is 11.8.